The summed E-state index contributed by atoms with van der Waals surface area (Å²) < 4.78 is 0. The standard InChI is InChI=1S/C17H14ClN3O2/c18-13-6-2-1-5-12(13)11-17(23)21-15-8-4-3-7-14(15)20-16(22)9-10-19/h1-8H,9,11H2,(H,20,22)(H,21,23). The Kier molecular flexibility index (Phi) is 5.73. The summed E-state index contributed by atoms with van der Waals surface area (Å²) in [6.45, 7) is 0. The van der Waals surface area contributed by atoms with Crippen LogP contribution in [0.15, 0.2) is 48.5 Å². The third kappa shape index (κ3) is 4.83. The molecule has 23 heavy (non-hydrogen) atoms. The van der Waals surface area contributed by atoms with Crippen LogP contribution in [0.25, 0.3) is 0 Å². The van der Waals surface area contributed by atoms with Gasteiger partial charge in [-0.25, -0.2) is 0 Å². The van der Waals surface area contributed by atoms with Gasteiger partial charge in [0.05, 0.1) is 23.9 Å². The summed E-state index contributed by atoms with van der Waals surface area (Å²) in [6.07, 6.45) is -0.123. The molecule has 0 aliphatic heterocycles. The Morgan fingerprint density at radius 2 is 1.52 bits per heavy atom. The number of nitrogens with zero attached hydrogens (tertiary/aromatic N) is 1. The molecular formula is C17H14ClN3O2. The van der Waals surface area contributed by atoms with E-state index in [1.54, 1.807) is 48.5 Å². The Morgan fingerprint density at radius 3 is 2.13 bits per heavy atom. The number of carbonyl (C=O) groups excluding carboxylic acids is 2. The van der Waals surface area contributed by atoms with Crippen LogP contribution in [0.2, 0.25) is 5.02 Å². The average Bonchev–Trinajstić information content (AvgIpc) is 2.52. The Morgan fingerprint density at radius 1 is 0.957 bits per heavy atom. The molecule has 0 spiro atoms. The molecule has 2 rings (SSSR count). The fourth-order valence-corrected chi connectivity index (χ4v) is 2.18. The fraction of sp³-hybridized carbons (Fsp3) is 0.118. The lowest BCUT2D eigenvalue weighted by atomic mass is 10.1. The lowest BCUT2D eigenvalue weighted by molar-refractivity contribution is -0.116. The van der Waals surface area contributed by atoms with Crippen LogP contribution in [0, 0.1) is 11.3 Å². The molecule has 0 radical (unpaired) electrons. The van der Waals surface area contributed by atoms with E-state index in [-0.39, 0.29) is 18.7 Å². The van der Waals surface area contributed by atoms with E-state index in [1.807, 2.05) is 6.07 Å². The van der Waals surface area contributed by atoms with Crippen LogP contribution in [0.3, 0.4) is 0 Å². The van der Waals surface area contributed by atoms with Gasteiger partial charge < -0.3 is 10.6 Å². The van der Waals surface area contributed by atoms with Gasteiger partial charge >= 0.3 is 0 Å². The maximum absolute atomic E-state index is 12.2. The first-order valence-corrected chi connectivity index (χ1v) is 7.27. The number of benzene rings is 2. The number of amides is 2. The molecule has 116 valence electrons. The van der Waals surface area contributed by atoms with Crippen LogP contribution in [-0.4, -0.2) is 11.8 Å². The number of para-hydroxylation sites is 2. The molecule has 0 bridgehead atoms. The first-order valence-electron chi connectivity index (χ1n) is 6.89. The predicted molar refractivity (Wildman–Crippen MR) is 89.1 cm³/mol. The topological polar surface area (TPSA) is 82.0 Å². The molecule has 0 unspecified atom stereocenters. The van der Waals surface area contributed by atoms with Gasteiger partial charge in [-0.1, -0.05) is 41.9 Å². The zero-order chi connectivity index (χ0) is 16.7. The van der Waals surface area contributed by atoms with Crippen molar-refractivity contribution in [3.8, 4) is 6.07 Å². The molecule has 0 heterocycles. The van der Waals surface area contributed by atoms with Crippen molar-refractivity contribution in [1.29, 1.82) is 5.26 Å². The summed E-state index contributed by atoms with van der Waals surface area (Å²) in [4.78, 5) is 23.7. The van der Waals surface area contributed by atoms with Gasteiger partial charge in [-0.2, -0.15) is 5.26 Å². The monoisotopic (exact) mass is 327 g/mol. The molecule has 0 aromatic heterocycles. The molecule has 0 atom stereocenters. The number of nitrogens with one attached hydrogen (secondary N) is 2. The summed E-state index contributed by atoms with van der Waals surface area (Å²) in [7, 11) is 0. The second kappa shape index (κ2) is 7.97. The number of hydrogen-bond donors (Lipinski definition) is 2. The van der Waals surface area contributed by atoms with E-state index < -0.39 is 5.91 Å². The maximum atomic E-state index is 12.2. The second-order valence-electron chi connectivity index (χ2n) is 4.75. The predicted octanol–water partition coefficient (Wildman–Crippen LogP) is 3.37. The largest absolute Gasteiger partial charge is 0.324 e. The van der Waals surface area contributed by atoms with Crippen molar-refractivity contribution in [2.24, 2.45) is 0 Å². The normalized spacial score (nSPS) is 9.74. The van der Waals surface area contributed by atoms with Crippen molar-refractivity contribution in [1.82, 2.24) is 0 Å². The summed E-state index contributed by atoms with van der Waals surface area (Å²) >= 11 is 6.04. The van der Waals surface area contributed by atoms with Crippen molar-refractivity contribution in [3.63, 3.8) is 0 Å². The number of hydrogen-bond acceptors (Lipinski definition) is 3. The first-order chi connectivity index (χ1) is 11.1. The summed E-state index contributed by atoms with van der Waals surface area (Å²) in [5, 5.41) is 14.4. The van der Waals surface area contributed by atoms with E-state index in [2.05, 4.69) is 10.6 Å². The number of nitriles is 1. The van der Waals surface area contributed by atoms with Gasteiger partial charge in [0, 0.05) is 5.02 Å². The Hall–Kier alpha value is -2.84. The molecule has 6 heteroatoms. The van der Waals surface area contributed by atoms with Crippen molar-refractivity contribution < 1.29 is 9.59 Å². The van der Waals surface area contributed by atoms with Gasteiger partial charge in [0.2, 0.25) is 11.8 Å². The van der Waals surface area contributed by atoms with Gasteiger partial charge in [-0.15, -0.1) is 0 Å². The van der Waals surface area contributed by atoms with Crippen molar-refractivity contribution >= 4 is 34.8 Å². The molecule has 0 aliphatic rings. The lowest BCUT2D eigenvalue weighted by Gasteiger charge is -2.12. The molecule has 5 nitrogen and oxygen atoms in total. The van der Waals surface area contributed by atoms with Crippen LogP contribution in [-0.2, 0) is 16.0 Å². The zero-order valence-electron chi connectivity index (χ0n) is 12.2. The van der Waals surface area contributed by atoms with Crippen molar-refractivity contribution in [2.75, 3.05) is 10.6 Å². The van der Waals surface area contributed by atoms with Crippen LogP contribution in [0.1, 0.15) is 12.0 Å². The van der Waals surface area contributed by atoms with E-state index >= 15 is 0 Å². The highest BCUT2D eigenvalue weighted by Gasteiger charge is 2.11. The number of halogens is 1. The Balaban J connectivity index is 2.08. The van der Waals surface area contributed by atoms with E-state index in [1.165, 1.54) is 0 Å². The smallest absolute Gasteiger partial charge is 0.238 e. The lowest BCUT2D eigenvalue weighted by Crippen LogP contribution is -2.17. The summed E-state index contributed by atoms with van der Waals surface area (Å²) in [5.74, 6) is -0.680. The highest BCUT2D eigenvalue weighted by atomic mass is 35.5. The van der Waals surface area contributed by atoms with E-state index in [0.29, 0.717) is 16.4 Å². The van der Waals surface area contributed by atoms with Gasteiger partial charge in [0.15, 0.2) is 0 Å². The number of rotatable bonds is 5. The molecular weight excluding hydrogens is 314 g/mol. The van der Waals surface area contributed by atoms with Crippen molar-refractivity contribution in [3.05, 3.63) is 59.1 Å². The first kappa shape index (κ1) is 16.5. The van der Waals surface area contributed by atoms with Gasteiger partial charge in [0.1, 0.15) is 6.42 Å². The molecule has 0 saturated heterocycles. The molecule has 0 aliphatic carbocycles. The minimum atomic E-state index is -0.430. The van der Waals surface area contributed by atoms with Crippen molar-refractivity contribution in [2.45, 2.75) is 12.8 Å². The maximum Gasteiger partial charge on any atom is 0.238 e. The fourth-order valence-electron chi connectivity index (χ4n) is 1.98. The number of carbonyl (C=O) groups is 2. The van der Waals surface area contributed by atoms with E-state index in [4.69, 9.17) is 16.9 Å². The molecule has 2 N–H and O–H groups in total. The third-order valence-corrected chi connectivity index (χ3v) is 3.39. The quantitative estimate of drug-likeness (QED) is 0.883. The van der Waals surface area contributed by atoms with E-state index in [0.717, 1.165) is 5.56 Å². The number of anilines is 2. The zero-order valence-corrected chi connectivity index (χ0v) is 12.9. The van der Waals surface area contributed by atoms with Crippen LogP contribution < -0.4 is 10.6 Å². The SMILES string of the molecule is N#CCC(=O)Nc1ccccc1NC(=O)Cc1ccccc1Cl. The Bertz CT molecular complexity index is 768. The van der Waals surface area contributed by atoms with Gasteiger partial charge in [-0.3, -0.25) is 9.59 Å². The molecule has 2 aromatic carbocycles. The summed E-state index contributed by atoms with van der Waals surface area (Å²) in [5.41, 5.74) is 1.63. The molecule has 0 fully saturated rings. The molecule has 2 aromatic rings. The molecule has 0 saturated carbocycles. The minimum absolute atomic E-state index is 0.125. The third-order valence-electron chi connectivity index (χ3n) is 3.02. The molecule has 2 amide bonds. The Labute approximate surface area is 138 Å². The van der Waals surface area contributed by atoms with Gasteiger partial charge in [0.25, 0.3) is 0 Å². The highest BCUT2D eigenvalue weighted by Crippen LogP contribution is 2.22. The van der Waals surface area contributed by atoms with Gasteiger partial charge in [-0.05, 0) is 23.8 Å². The second-order valence-corrected chi connectivity index (χ2v) is 5.15. The summed E-state index contributed by atoms with van der Waals surface area (Å²) in [6, 6.07) is 15.7. The van der Waals surface area contributed by atoms with Crippen LogP contribution in [0.4, 0.5) is 11.4 Å². The average molecular weight is 328 g/mol. The van der Waals surface area contributed by atoms with Crippen LogP contribution in [0.5, 0.6) is 0 Å². The van der Waals surface area contributed by atoms with Crippen LogP contribution >= 0.6 is 11.6 Å². The van der Waals surface area contributed by atoms with E-state index in [9.17, 15) is 9.59 Å². The minimum Gasteiger partial charge on any atom is -0.324 e. The highest BCUT2D eigenvalue weighted by molar-refractivity contribution is 6.31.